The van der Waals surface area contributed by atoms with Crippen molar-refractivity contribution in [1.82, 2.24) is 19.7 Å². The molecule has 0 radical (unpaired) electrons. The van der Waals surface area contributed by atoms with E-state index < -0.39 is 11.2 Å². The number of rotatable bonds is 6. The van der Waals surface area contributed by atoms with E-state index in [0.717, 1.165) is 34.4 Å². The largest absolute Gasteiger partial charge is 0.443 e. The molecule has 1 aliphatic heterocycles. The maximum atomic E-state index is 12.8. The maximum Gasteiger partial charge on any atom is 0.414 e. The Bertz CT molecular complexity index is 1470. The van der Waals surface area contributed by atoms with Crippen LogP contribution in [0.1, 0.15) is 40.2 Å². The van der Waals surface area contributed by atoms with Crippen molar-refractivity contribution in [2.24, 2.45) is 0 Å². The summed E-state index contributed by atoms with van der Waals surface area (Å²) in [7, 11) is 0. The third kappa shape index (κ3) is 5.55. The lowest BCUT2D eigenvalue weighted by molar-refractivity contribution is 0.0584. The van der Waals surface area contributed by atoms with Crippen LogP contribution in [0.4, 0.5) is 27.9 Å². The van der Waals surface area contributed by atoms with E-state index in [1.807, 2.05) is 69.3 Å². The lowest BCUT2D eigenvalue weighted by Crippen LogP contribution is -2.35. The Morgan fingerprint density at radius 2 is 1.84 bits per heavy atom. The van der Waals surface area contributed by atoms with E-state index in [1.54, 1.807) is 29.6 Å². The van der Waals surface area contributed by atoms with Crippen molar-refractivity contribution in [3.63, 3.8) is 0 Å². The Kier molecular flexibility index (Phi) is 6.44. The zero-order chi connectivity index (χ0) is 27.1. The van der Waals surface area contributed by atoms with Gasteiger partial charge in [0.15, 0.2) is 5.65 Å². The summed E-state index contributed by atoms with van der Waals surface area (Å²) in [5, 5.41) is 22.1. The summed E-state index contributed by atoms with van der Waals surface area (Å²) in [6.07, 6.45) is 2.11. The highest BCUT2D eigenvalue weighted by molar-refractivity contribution is 5.92. The first-order valence-corrected chi connectivity index (χ1v) is 12.6. The molecule has 5 rings (SSSR count). The number of nitrogens with zero attached hydrogens (tertiary/aromatic N) is 5. The topological polar surface area (TPSA) is 117 Å². The zero-order valence-corrected chi connectivity index (χ0v) is 22.3. The minimum absolute atomic E-state index is 0.290. The average molecular weight is 516 g/mol. The third-order valence-electron chi connectivity index (χ3n) is 5.97. The van der Waals surface area contributed by atoms with Crippen LogP contribution in [-0.4, -0.2) is 55.2 Å². The molecular weight excluding hydrogens is 482 g/mol. The molecule has 0 bridgehead atoms. The van der Waals surface area contributed by atoms with Gasteiger partial charge in [0.1, 0.15) is 11.4 Å². The number of hydrogen-bond donors (Lipinski definition) is 3. The molecule has 0 aliphatic carbocycles. The van der Waals surface area contributed by atoms with Gasteiger partial charge in [0.05, 0.1) is 28.6 Å². The summed E-state index contributed by atoms with van der Waals surface area (Å²) in [6.45, 7) is 9.89. The molecule has 0 atom stereocenters. The molecule has 3 heterocycles. The molecular formula is C28H33N7O3. The van der Waals surface area contributed by atoms with Crippen LogP contribution in [0, 0.1) is 0 Å². The van der Waals surface area contributed by atoms with Crippen molar-refractivity contribution >= 4 is 40.3 Å². The number of benzene rings is 2. The maximum absolute atomic E-state index is 12.8. The number of para-hydroxylation sites is 1. The molecule has 0 unspecified atom stereocenters. The van der Waals surface area contributed by atoms with Crippen molar-refractivity contribution in [2.75, 3.05) is 28.6 Å². The highest BCUT2D eigenvalue weighted by Crippen LogP contribution is 2.33. The number of nitrogens with one attached hydrogen (secondary N) is 2. The van der Waals surface area contributed by atoms with E-state index in [-0.39, 0.29) is 6.09 Å². The van der Waals surface area contributed by atoms with Crippen LogP contribution in [-0.2, 0) is 11.2 Å². The summed E-state index contributed by atoms with van der Waals surface area (Å²) in [6, 6.07) is 15.6. The molecule has 10 nitrogen and oxygen atoms in total. The predicted molar refractivity (Wildman–Crippen MR) is 148 cm³/mol. The summed E-state index contributed by atoms with van der Waals surface area (Å²) < 4.78 is 7.36. The smallest absolute Gasteiger partial charge is 0.414 e. The van der Waals surface area contributed by atoms with Crippen LogP contribution in [0.5, 0.6) is 0 Å². The van der Waals surface area contributed by atoms with Gasteiger partial charge in [-0.3, -0.25) is 4.90 Å². The van der Waals surface area contributed by atoms with Crippen LogP contribution in [0.15, 0.2) is 54.7 Å². The van der Waals surface area contributed by atoms with Crippen molar-refractivity contribution in [3.8, 4) is 5.69 Å². The van der Waals surface area contributed by atoms with Gasteiger partial charge in [-0.15, -0.1) is 0 Å². The standard InChI is InChI=1S/C28H33N7O3/c1-27(2,3)38-26(36)34-14-13-18-11-12-19(15-22(18)34)31-25-32-23(29-17-28(4,5)37)21-16-30-35(24(21)33-25)20-9-7-6-8-10-20/h6-12,15-16,37H,13-14,17H2,1-5H3,(H2,29,31,32,33). The van der Waals surface area contributed by atoms with Crippen LogP contribution in [0.3, 0.4) is 0 Å². The molecule has 0 spiro atoms. The Morgan fingerprint density at radius 3 is 2.55 bits per heavy atom. The SMILES string of the molecule is CC(C)(O)CNc1nc(Nc2ccc3c(c2)N(C(=O)OC(C)(C)C)CC3)nc2c1cnn2-c1ccccc1. The molecule has 2 aromatic carbocycles. The molecule has 10 heteroatoms. The van der Waals surface area contributed by atoms with Gasteiger partial charge in [0.2, 0.25) is 5.95 Å². The van der Waals surface area contributed by atoms with Crippen molar-refractivity contribution in [2.45, 2.75) is 52.2 Å². The fourth-order valence-electron chi connectivity index (χ4n) is 4.25. The molecule has 0 saturated carbocycles. The molecule has 38 heavy (non-hydrogen) atoms. The van der Waals surface area contributed by atoms with Gasteiger partial charge in [-0.2, -0.15) is 15.1 Å². The number of carbonyl (C=O) groups excluding carboxylic acids is 1. The third-order valence-corrected chi connectivity index (χ3v) is 5.97. The number of aromatic nitrogens is 4. The highest BCUT2D eigenvalue weighted by Gasteiger charge is 2.29. The van der Waals surface area contributed by atoms with Crippen LogP contribution in [0.25, 0.3) is 16.7 Å². The second kappa shape index (κ2) is 9.60. The Morgan fingerprint density at radius 1 is 1.08 bits per heavy atom. The van der Waals surface area contributed by atoms with Gasteiger partial charge in [-0.05, 0) is 70.9 Å². The first kappa shape index (κ1) is 25.5. The van der Waals surface area contributed by atoms with E-state index in [0.29, 0.717) is 30.5 Å². The minimum atomic E-state index is -0.939. The number of anilines is 4. The second-order valence-corrected chi connectivity index (χ2v) is 11.0. The lowest BCUT2D eigenvalue weighted by Gasteiger charge is -2.25. The van der Waals surface area contributed by atoms with E-state index in [2.05, 4.69) is 15.7 Å². The summed E-state index contributed by atoms with van der Waals surface area (Å²) >= 11 is 0. The number of aliphatic hydroxyl groups is 1. The molecule has 4 aromatic rings. The van der Waals surface area contributed by atoms with Gasteiger partial charge >= 0.3 is 6.09 Å². The van der Waals surface area contributed by atoms with Gasteiger partial charge in [0.25, 0.3) is 0 Å². The van der Waals surface area contributed by atoms with E-state index in [1.165, 1.54) is 0 Å². The van der Waals surface area contributed by atoms with Crippen LogP contribution in [0.2, 0.25) is 0 Å². The summed E-state index contributed by atoms with van der Waals surface area (Å²) in [5.74, 6) is 0.911. The molecule has 0 fully saturated rings. The fourth-order valence-corrected chi connectivity index (χ4v) is 4.25. The Balaban J connectivity index is 1.50. The molecule has 1 aliphatic rings. The summed E-state index contributed by atoms with van der Waals surface area (Å²) in [4.78, 5) is 23.9. The Hall–Kier alpha value is -4.18. The number of fused-ring (bicyclic) bond motifs is 2. The van der Waals surface area contributed by atoms with E-state index in [9.17, 15) is 9.90 Å². The van der Waals surface area contributed by atoms with Gasteiger partial charge in [-0.1, -0.05) is 24.3 Å². The monoisotopic (exact) mass is 515 g/mol. The van der Waals surface area contributed by atoms with Gasteiger partial charge < -0.3 is 20.5 Å². The quantitative estimate of drug-likeness (QED) is 0.327. The first-order chi connectivity index (χ1) is 18.0. The zero-order valence-electron chi connectivity index (χ0n) is 22.3. The van der Waals surface area contributed by atoms with Crippen molar-refractivity contribution in [1.29, 1.82) is 0 Å². The van der Waals surface area contributed by atoms with Crippen molar-refractivity contribution < 1.29 is 14.6 Å². The number of carbonyl (C=O) groups is 1. The van der Waals surface area contributed by atoms with Crippen LogP contribution < -0.4 is 15.5 Å². The van der Waals surface area contributed by atoms with Crippen molar-refractivity contribution in [3.05, 3.63) is 60.3 Å². The predicted octanol–water partition coefficient (Wildman–Crippen LogP) is 5.04. The number of hydrogen-bond acceptors (Lipinski definition) is 8. The Labute approximate surface area is 221 Å². The molecule has 2 aromatic heterocycles. The molecule has 198 valence electrons. The average Bonchev–Trinajstić information content (AvgIpc) is 3.46. The normalized spacial score (nSPS) is 13.5. The summed E-state index contributed by atoms with van der Waals surface area (Å²) in [5.41, 5.74) is 2.58. The van der Waals surface area contributed by atoms with Gasteiger partial charge in [-0.25, -0.2) is 9.48 Å². The first-order valence-electron chi connectivity index (χ1n) is 12.6. The minimum Gasteiger partial charge on any atom is -0.443 e. The van der Waals surface area contributed by atoms with E-state index in [4.69, 9.17) is 14.7 Å². The lowest BCUT2D eigenvalue weighted by atomic mass is 10.1. The number of ether oxygens (including phenoxy) is 1. The fraction of sp³-hybridized carbons (Fsp3) is 0.357. The van der Waals surface area contributed by atoms with E-state index >= 15 is 0 Å². The molecule has 1 amide bonds. The van der Waals surface area contributed by atoms with Crippen LogP contribution >= 0.6 is 0 Å². The molecule has 0 saturated heterocycles. The molecule has 3 N–H and O–H groups in total. The highest BCUT2D eigenvalue weighted by atomic mass is 16.6. The van der Waals surface area contributed by atoms with Gasteiger partial charge in [0, 0.05) is 18.8 Å². The second-order valence-electron chi connectivity index (χ2n) is 11.0. The number of amides is 1.